The van der Waals surface area contributed by atoms with Gasteiger partial charge in [-0.15, -0.1) is 0 Å². The molecule has 3 heteroatoms. The summed E-state index contributed by atoms with van der Waals surface area (Å²) in [6, 6.07) is 21.6. The van der Waals surface area contributed by atoms with E-state index in [9.17, 15) is 0 Å². The molecule has 0 unspecified atom stereocenters. The fourth-order valence-electron chi connectivity index (χ4n) is 1.99. The van der Waals surface area contributed by atoms with Crippen molar-refractivity contribution in [1.82, 2.24) is 4.98 Å². The summed E-state index contributed by atoms with van der Waals surface area (Å²) in [5, 5.41) is 0. The van der Waals surface area contributed by atoms with Crippen LogP contribution in [0.5, 0.6) is 11.5 Å². The molecule has 3 nitrogen and oxygen atoms in total. The Morgan fingerprint density at radius 3 is 2.30 bits per heavy atom. The zero-order valence-electron chi connectivity index (χ0n) is 10.9. The largest absolute Gasteiger partial charge is 0.455 e. The molecule has 0 aliphatic carbocycles. The van der Waals surface area contributed by atoms with Crippen molar-refractivity contribution in [2.24, 2.45) is 0 Å². The first-order chi connectivity index (χ1) is 9.83. The minimum Gasteiger partial charge on any atom is -0.455 e. The third kappa shape index (κ3) is 2.62. The van der Waals surface area contributed by atoms with E-state index in [4.69, 9.17) is 10.5 Å². The maximum absolute atomic E-state index is 5.90. The smallest absolute Gasteiger partial charge is 0.145 e. The second kappa shape index (κ2) is 5.45. The molecule has 98 valence electrons. The third-order valence-electron chi connectivity index (χ3n) is 2.96. The van der Waals surface area contributed by atoms with Crippen LogP contribution in [0.4, 0.5) is 5.82 Å². The van der Waals surface area contributed by atoms with E-state index in [0.717, 1.165) is 16.9 Å². The summed E-state index contributed by atoms with van der Waals surface area (Å²) in [7, 11) is 0. The number of para-hydroxylation sites is 1. The summed E-state index contributed by atoms with van der Waals surface area (Å²) >= 11 is 0. The highest BCUT2D eigenvalue weighted by Crippen LogP contribution is 2.32. The first-order valence-electron chi connectivity index (χ1n) is 6.37. The third-order valence-corrected chi connectivity index (χ3v) is 2.96. The Kier molecular flexibility index (Phi) is 3.33. The van der Waals surface area contributed by atoms with E-state index in [1.54, 1.807) is 12.3 Å². The van der Waals surface area contributed by atoms with Crippen LogP contribution in [0.2, 0.25) is 0 Å². The van der Waals surface area contributed by atoms with Crippen LogP contribution in [0.15, 0.2) is 72.9 Å². The zero-order chi connectivity index (χ0) is 13.8. The molecule has 2 aromatic carbocycles. The van der Waals surface area contributed by atoms with Gasteiger partial charge < -0.3 is 10.5 Å². The molecule has 20 heavy (non-hydrogen) atoms. The van der Waals surface area contributed by atoms with E-state index >= 15 is 0 Å². The van der Waals surface area contributed by atoms with Crippen molar-refractivity contribution in [2.45, 2.75) is 0 Å². The van der Waals surface area contributed by atoms with Gasteiger partial charge in [-0.1, -0.05) is 48.5 Å². The molecule has 0 saturated heterocycles. The summed E-state index contributed by atoms with van der Waals surface area (Å²) < 4.78 is 5.90. The topological polar surface area (TPSA) is 48.1 Å². The first-order valence-corrected chi connectivity index (χ1v) is 6.37. The lowest BCUT2D eigenvalue weighted by Crippen LogP contribution is -1.91. The molecule has 1 aromatic heterocycles. The predicted molar refractivity (Wildman–Crippen MR) is 80.6 cm³/mol. The first kappa shape index (κ1) is 12.2. The van der Waals surface area contributed by atoms with Gasteiger partial charge in [-0.3, -0.25) is 0 Å². The molecule has 3 aromatic rings. The van der Waals surface area contributed by atoms with Crippen molar-refractivity contribution in [1.29, 1.82) is 0 Å². The molecule has 0 amide bonds. The van der Waals surface area contributed by atoms with Gasteiger partial charge in [-0.2, -0.15) is 0 Å². The molecule has 0 aliphatic heterocycles. The van der Waals surface area contributed by atoms with Crippen molar-refractivity contribution in [2.75, 3.05) is 5.73 Å². The van der Waals surface area contributed by atoms with Crippen LogP contribution in [0.25, 0.3) is 11.1 Å². The van der Waals surface area contributed by atoms with Crippen LogP contribution in [-0.4, -0.2) is 4.98 Å². The minimum atomic E-state index is 0.480. The van der Waals surface area contributed by atoms with Crippen LogP contribution < -0.4 is 10.5 Å². The molecule has 3 rings (SSSR count). The highest BCUT2D eigenvalue weighted by Gasteiger charge is 2.06. The Bertz CT molecular complexity index is 694. The lowest BCUT2D eigenvalue weighted by atomic mass is 10.1. The van der Waals surface area contributed by atoms with Crippen LogP contribution in [0, 0.1) is 0 Å². The van der Waals surface area contributed by atoms with E-state index in [0.29, 0.717) is 11.6 Å². The van der Waals surface area contributed by atoms with Gasteiger partial charge in [0.05, 0.1) is 6.20 Å². The molecule has 0 saturated carbocycles. The van der Waals surface area contributed by atoms with Gasteiger partial charge in [0.15, 0.2) is 0 Å². The van der Waals surface area contributed by atoms with E-state index in [-0.39, 0.29) is 0 Å². The highest BCUT2D eigenvalue weighted by molar-refractivity contribution is 5.70. The highest BCUT2D eigenvalue weighted by atomic mass is 16.5. The SMILES string of the molecule is Nc1ccc(Oc2ccccc2-c2ccccc2)cn1. The maximum Gasteiger partial charge on any atom is 0.145 e. The zero-order valence-corrected chi connectivity index (χ0v) is 10.9. The van der Waals surface area contributed by atoms with Crippen molar-refractivity contribution < 1.29 is 4.74 Å². The Morgan fingerprint density at radius 1 is 0.800 bits per heavy atom. The van der Waals surface area contributed by atoms with Crippen LogP contribution in [0.3, 0.4) is 0 Å². The standard InChI is InChI=1S/C17H14N2O/c18-17-11-10-14(12-19-17)20-16-9-5-4-8-15(16)13-6-2-1-3-7-13/h1-12H,(H2,18,19). The number of nitrogens with zero attached hydrogens (tertiary/aromatic N) is 1. The minimum absolute atomic E-state index is 0.480. The molecule has 0 aliphatic rings. The molecule has 1 heterocycles. The van der Waals surface area contributed by atoms with Gasteiger partial charge in [0, 0.05) is 5.56 Å². The fourth-order valence-corrected chi connectivity index (χ4v) is 1.99. The van der Waals surface area contributed by atoms with Crippen LogP contribution in [-0.2, 0) is 0 Å². The number of aromatic nitrogens is 1. The van der Waals surface area contributed by atoms with E-state index in [1.165, 1.54) is 0 Å². The van der Waals surface area contributed by atoms with Gasteiger partial charge in [-0.05, 0) is 23.8 Å². The number of hydrogen-bond acceptors (Lipinski definition) is 3. The molecule has 0 bridgehead atoms. The van der Waals surface area contributed by atoms with E-state index in [1.807, 2.05) is 48.5 Å². The van der Waals surface area contributed by atoms with Gasteiger partial charge in [0.25, 0.3) is 0 Å². The molecular formula is C17H14N2O. The van der Waals surface area contributed by atoms with E-state index < -0.39 is 0 Å². The summed E-state index contributed by atoms with van der Waals surface area (Å²) in [6.07, 6.45) is 1.62. The number of ether oxygens (including phenoxy) is 1. The Balaban J connectivity index is 1.96. The average Bonchev–Trinajstić information content (AvgIpc) is 2.51. The Morgan fingerprint density at radius 2 is 1.55 bits per heavy atom. The summed E-state index contributed by atoms with van der Waals surface area (Å²) in [5.74, 6) is 1.95. The number of rotatable bonds is 3. The van der Waals surface area contributed by atoms with Crippen molar-refractivity contribution in [3.8, 4) is 22.6 Å². The lowest BCUT2D eigenvalue weighted by Gasteiger charge is -2.11. The summed E-state index contributed by atoms with van der Waals surface area (Å²) in [5.41, 5.74) is 7.74. The molecule has 0 radical (unpaired) electrons. The van der Waals surface area contributed by atoms with Crippen molar-refractivity contribution in [3.05, 3.63) is 72.9 Å². The van der Waals surface area contributed by atoms with Crippen LogP contribution >= 0.6 is 0 Å². The van der Waals surface area contributed by atoms with E-state index in [2.05, 4.69) is 17.1 Å². The van der Waals surface area contributed by atoms with Crippen molar-refractivity contribution >= 4 is 5.82 Å². The maximum atomic E-state index is 5.90. The quantitative estimate of drug-likeness (QED) is 0.772. The summed E-state index contributed by atoms with van der Waals surface area (Å²) in [4.78, 5) is 4.03. The predicted octanol–water partition coefficient (Wildman–Crippen LogP) is 4.12. The lowest BCUT2D eigenvalue weighted by molar-refractivity contribution is 0.482. The number of anilines is 1. The molecule has 0 atom stereocenters. The number of benzene rings is 2. The van der Waals surface area contributed by atoms with Crippen molar-refractivity contribution in [3.63, 3.8) is 0 Å². The average molecular weight is 262 g/mol. The molecule has 2 N–H and O–H groups in total. The number of nitrogens with two attached hydrogens (primary N) is 1. The normalized spacial score (nSPS) is 10.2. The van der Waals surface area contributed by atoms with Crippen LogP contribution in [0.1, 0.15) is 0 Å². The Hall–Kier alpha value is -2.81. The molecular weight excluding hydrogens is 248 g/mol. The number of pyridine rings is 1. The Labute approximate surface area is 117 Å². The van der Waals surface area contributed by atoms with Gasteiger partial charge in [0.1, 0.15) is 17.3 Å². The van der Waals surface area contributed by atoms with Gasteiger partial charge >= 0.3 is 0 Å². The molecule has 0 fully saturated rings. The monoisotopic (exact) mass is 262 g/mol. The second-order valence-electron chi connectivity index (χ2n) is 4.38. The van der Waals surface area contributed by atoms with Gasteiger partial charge in [0.2, 0.25) is 0 Å². The fraction of sp³-hybridized carbons (Fsp3) is 0. The number of hydrogen-bond donors (Lipinski definition) is 1. The second-order valence-corrected chi connectivity index (χ2v) is 4.38. The molecule has 0 spiro atoms. The number of nitrogen functional groups attached to an aromatic ring is 1. The van der Waals surface area contributed by atoms with Gasteiger partial charge in [-0.25, -0.2) is 4.98 Å². The summed E-state index contributed by atoms with van der Waals surface area (Å²) in [6.45, 7) is 0.